The quantitative estimate of drug-likeness (QED) is 0.928. The van der Waals surface area contributed by atoms with Crippen LogP contribution in [0.3, 0.4) is 0 Å². The molecule has 20 heavy (non-hydrogen) atoms. The molecule has 1 heterocycles. The molecule has 1 N–H and O–H groups in total. The first-order valence-electron chi connectivity index (χ1n) is 6.81. The van der Waals surface area contributed by atoms with E-state index in [4.69, 9.17) is 5.11 Å². The first kappa shape index (κ1) is 12.7. The number of hydrogen-bond donors (Lipinski definition) is 1. The highest BCUT2D eigenvalue weighted by atomic mass is 16.4. The van der Waals surface area contributed by atoms with Crippen molar-refractivity contribution in [2.24, 2.45) is 0 Å². The van der Waals surface area contributed by atoms with Crippen molar-refractivity contribution in [3.63, 3.8) is 0 Å². The molecule has 0 saturated heterocycles. The van der Waals surface area contributed by atoms with Crippen LogP contribution in [0.15, 0.2) is 42.5 Å². The maximum Gasteiger partial charge on any atom is 0.335 e. The Kier molecular flexibility index (Phi) is 3.18. The van der Waals surface area contributed by atoms with Crippen molar-refractivity contribution in [2.75, 3.05) is 11.4 Å². The molecule has 2 aromatic rings. The number of fused-ring (bicyclic) bond motifs is 1. The second-order valence-electron chi connectivity index (χ2n) is 5.25. The zero-order valence-electron chi connectivity index (χ0n) is 11.5. The maximum atomic E-state index is 11.0. The van der Waals surface area contributed by atoms with Gasteiger partial charge in [0.1, 0.15) is 0 Å². The van der Waals surface area contributed by atoms with Crippen molar-refractivity contribution >= 4 is 11.7 Å². The van der Waals surface area contributed by atoms with E-state index in [0.29, 0.717) is 5.56 Å². The summed E-state index contributed by atoms with van der Waals surface area (Å²) in [7, 11) is 0. The third-order valence-corrected chi connectivity index (χ3v) is 3.94. The van der Waals surface area contributed by atoms with E-state index in [9.17, 15) is 4.79 Å². The van der Waals surface area contributed by atoms with Crippen molar-refractivity contribution in [1.82, 2.24) is 0 Å². The summed E-state index contributed by atoms with van der Waals surface area (Å²) in [4.78, 5) is 13.3. The molecule has 0 fully saturated rings. The summed E-state index contributed by atoms with van der Waals surface area (Å²) >= 11 is 0. The fraction of sp³-hybridized carbons (Fsp3) is 0.235. The molecule has 0 aromatic heterocycles. The van der Waals surface area contributed by atoms with Crippen LogP contribution in [0.1, 0.15) is 27.0 Å². The minimum absolute atomic E-state index is 0.376. The van der Waals surface area contributed by atoms with Gasteiger partial charge in [-0.25, -0.2) is 4.79 Å². The standard InChI is InChI=1S/C17H17NO2/c1-12-4-2-3-5-15(12)11-18-9-8-13-10-14(17(19)20)6-7-16(13)18/h2-7,10H,8-9,11H2,1H3,(H,19,20). The summed E-state index contributed by atoms with van der Waals surface area (Å²) in [6, 6.07) is 13.8. The van der Waals surface area contributed by atoms with Crippen LogP contribution in [0.25, 0.3) is 0 Å². The molecule has 0 bridgehead atoms. The summed E-state index contributed by atoms with van der Waals surface area (Å²) in [6.45, 7) is 3.96. The molecule has 0 aliphatic carbocycles. The Bertz CT molecular complexity index is 664. The van der Waals surface area contributed by atoms with E-state index in [-0.39, 0.29) is 0 Å². The Morgan fingerprint density at radius 2 is 2.05 bits per heavy atom. The summed E-state index contributed by atoms with van der Waals surface area (Å²) in [5, 5.41) is 9.04. The SMILES string of the molecule is Cc1ccccc1CN1CCc2cc(C(=O)O)ccc21. The van der Waals surface area contributed by atoms with Gasteiger partial charge in [-0.1, -0.05) is 24.3 Å². The first-order valence-corrected chi connectivity index (χ1v) is 6.81. The Balaban J connectivity index is 1.87. The van der Waals surface area contributed by atoms with E-state index in [0.717, 1.165) is 25.1 Å². The molecule has 3 rings (SSSR count). The van der Waals surface area contributed by atoms with Gasteiger partial charge in [0.15, 0.2) is 0 Å². The van der Waals surface area contributed by atoms with Crippen LogP contribution in [-0.2, 0) is 13.0 Å². The molecule has 1 aliphatic rings. The number of rotatable bonds is 3. The Labute approximate surface area is 118 Å². The highest BCUT2D eigenvalue weighted by Crippen LogP contribution is 2.30. The molecule has 3 nitrogen and oxygen atoms in total. The number of carboxylic acids is 1. The third kappa shape index (κ3) is 2.27. The van der Waals surface area contributed by atoms with Gasteiger partial charge >= 0.3 is 5.97 Å². The third-order valence-electron chi connectivity index (χ3n) is 3.94. The molecular weight excluding hydrogens is 250 g/mol. The number of aryl methyl sites for hydroxylation is 1. The van der Waals surface area contributed by atoms with Crippen LogP contribution in [0.4, 0.5) is 5.69 Å². The zero-order valence-corrected chi connectivity index (χ0v) is 11.5. The van der Waals surface area contributed by atoms with Crippen LogP contribution in [0, 0.1) is 6.92 Å². The van der Waals surface area contributed by atoms with E-state index >= 15 is 0 Å². The molecule has 0 radical (unpaired) electrons. The molecule has 102 valence electrons. The van der Waals surface area contributed by atoms with Gasteiger partial charge in [0.25, 0.3) is 0 Å². The van der Waals surface area contributed by atoms with Crippen LogP contribution < -0.4 is 4.90 Å². The van der Waals surface area contributed by atoms with E-state index in [1.54, 1.807) is 12.1 Å². The Morgan fingerprint density at radius 1 is 1.25 bits per heavy atom. The number of aromatic carboxylic acids is 1. The van der Waals surface area contributed by atoms with E-state index in [1.807, 2.05) is 6.07 Å². The molecule has 0 spiro atoms. The topological polar surface area (TPSA) is 40.5 Å². The molecule has 0 saturated carbocycles. The second-order valence-corrected chi connectivity index (χ2v) is 5.25. The lowest BCUT2D eigenvalue weighted by Crippen LogP contribution is -2.20. The highest BCUT2D eigenvalue weighted by molar-refractivity contribution is 5.88. The van der Waals surface area contributed by atoms with Crippen LogP contribution in [0.2, 0.25) is 0 Å². The Hall–Kier alpha value is -2.29. The van der Waals surface area contributed by atoms with E-state index < -0.39 is 5.97 Å². The number of benzene rings is 2. The molecular formula is C17H17NO2. The van der Waals surface area contributed by atoms with Crippen molar-refractivity contribution in [2.45, 2.75) is 19.9 Å². The molecule has 0 amide bonds. The molecule has 1 aliphatic heterocycles. The number of carbonyl (C=O) groups is 1. The summed E-state index contributed by atoms with van der Waals surface area (Å²) in [6.07, 6.45) is 0.919. The number of hydrogen-bond acceptors (Lipinski definition) is 2. The smallest absolute Gasteiger partial charge is 0.335 e. The van der Waals surface area contributed by atoms with Crippen molar-refractivity contribution in [3.05, 3.63) is 64.7 Å². The minimum atomic E-state index is -0.856. The lowest BCUT2D eigenvalue weighted by atomic mass is 10.1. The van der Waals surface area contributed by atoms with E-state index in [1.165, 1.54) is 16.8 Å². The number of anilines is 1. The van der Waals surface area contributed by atoms with Crippen LogP contribution in [0.5, 0.6) is 0 Å². The molecule has 0 unspecified atom stereocenters. The largest absolute Gasteiger partial charge is 0.478 e. The van der Waals surface area contributed by atoms with Gasteiger partial charge in [-0.3, -0.25) is 0 Å². The van der Waals surface area contributed by atoms with Crippen molar-refractivity contribution in [1.29, 1.82) is 0 Å². The number of carboxylic acid groups (broad SMARTS) is 1. The minimum Gasteiger partial charge on any atom is -0.478 e. The summed E-state index contributed by atoms with van der Waals surface area (Å²) < 4.78 is 0. The highest BCUT2D eigenvalue weighted by Gasteiger charge is 2.20. The number of nitrogens with zero attached hydrogens (tertiary/aromatic N) is 1. The van der Waals surface area contributed by atoms with Crippen molar-refractivity contribution in [3.8, 4) is 0 Å². The molecule has 0 atom stereocenters. The average Bonchev–Trinajstić information content (AvgIpc) is 2.84. The van der Waals surface area contributed by atoms with Gasteiger partial charge in [0, 0.05) is 18.8 Å². The monoisotopic (exact) mass is 267 g/mol. The van der Waals surface area contributed by atoms with Gasteiger partial charge in [-0.15, -0.1) is 0 Å². The fourth-order valence-corrected chi connectivity index (χ4v) is 2.76. The zero-order chi connectivity index (χ0) is 14.1. The lowest BCUT2D eigenvalue weighted by molar-refractivity contribution is 0.0697. The fourth-order valence-electron chi connectivity index (χ4n) is 2.76. The summed E-state index contributed by atoms with van der Waals surface area (Å²) in [5.74, 6) is -0.856. The van der Waals surface area contributed by atoms with Gasteiger partial charge in [0.2, 0.25) is 0 Å². The average molecular weight is 267 g/mol. The Morgan fingerprint density at radius 3 is 2.80 bits per heavy atom. The van der Waals surface area contributed by atoms with Gasteiger partial charge in [0.05, 0.1) is 5.56 Å². The van der Waals surface area contributed by atoms with Gasteiger partial charge < -0.3 is 10.0 Å². The second kappa shape index (κ2) is 5.00. The first-order chi connectivity index (χ1) is 9.65. The molecule has 2 aromatic carbocycles. The van der Waals surface area contributed by atoms with Crippen LogP contribution in [-0.4, -0.2) is 17.6 Å². The lowest BCUT2D eigenvalue weighted by Gasteiger charge is -2.20. The van der Waals surface area contributed by atoms with Gasteiger partial charge in [-0.2, -0.15) is 0 Å². The van der Waals surface area contributed by atoms with E-state index in [2.05, 4.69) is 36.1 Å². The van der Waals surface area contributed by atoms with Crippen LogP contribution >= 0.6 is 0 Å². The maximum absolute atomic E-state index is 11.0. The normalized spacial score (nSPS) is 13.3. The summed E-state index contributed by atoms with van der Waals surface area (Å²) in [5.41, 5.74) is 5.30. The van der Waals surface area contributed by atoms with Gasteiger partial charge in [-0.05, 0) is 48.2 Å². The predicted octanol–water partition coefficient (Wildman–Crippen LogP) is 3.26. The van der Waals surface area contributed by atoms with Crippen molar-refractivity contribution < 1.29 is 9.90 Å². The molecule has 3 heteroatoms. The predicted molar refractivity (Wildman–Crippen MR) is 79.3 cm³/mol.